The summed E-state index contributed by atoms with van der Waals surface area (Å²) in [6.45, 7) is 2.30. The van der Waals surface area contributed by atoms with Crippen molar-refractivity contribution >= 4 is 21.6 Å². The highest BCUT2D eigenvalue weighted by Gasteiger charge is 2.21. The average molecular weight is 290 g/mol. The van der Waals surface area contributed by atoms with Crippen molar-refractivity contribution in [2.75, 3.05) is 11.9 Å². The van der Waals surface area contributed by atoms with Crippen LogP contribution in [0.1, 0.15) is 13.8 Å². The number of carbonyl (C=O) groups is 1. The summed E-state index contributed by atoms with van der Waals surface area (Å²) in [5.74, 6) is -1.37. The van der Waals surface area contributed by atoms with E-state index in [1.54, 1.807) is 0 Å². The molecule has 0 saturated carbocycles. The number of aliphatic hydroxyl groups is 1. The number of benzene rings is 1. The summed E-state index contributed by atoms with van der Waals surface area (Å²) in [4.78, 5) is 10.3. The van der Waals surface area contributed by atoms with Gasteiger partial charge in [-0.15, -0.1) is 0 Å². The van der Waals surface area contributed by atoms with Gasteiger partial charge < -0.3 is 10.4 Å². The first kappa shape index (κ1) is 15.5. The quantitative estimate of drug-likeness (QED) is 0.733. The van der Waals surface area contributed by atoms with Crippen LogP contribution in [-0.4, -0.2) is 32.1 Å². The Labute approximate surface area is 110 Å². The molecule has 0 fully saturated rings. The highest BCUT2D eigenvalue weighted by molar-refractivity contribution is 7.89. The van der Waals surface area contributed by atoms with Crippen LogP contribution in [0.5, 0.6) is 0 Å². The molecule has 0 aliphatic carbocycles. The summed E-state index contributed by atoms with van der Waals surface area (Å²) in [5, 5.41) is 11.1. The van der Waals surface area contributed by atoms with Gasteiger partial charge in [0.25, 0.3) is 0 Å². The van der Waals surface area contributed by atoms with Crippen LogP contribution in [0.2, 0.25) is 0 Å². The Kier molecular flexibility index (Phi) is 4.98. The number of aliphatic hydroxyl groups excluding tert-OH is 1. The fraction of sp³-hybridized carbons (Fsp3) is 0.364. The van der Waals surface area contributed by atoms with Crippen LogP contribution in [0, 0.1) is 5.82 Å². The molecule has 1 atom stereocenters. The molecule has 1 aromatic rings. The Hall–Kier alpha value is -1.51. The molecular weight excluding hydrogens is 275 g/mol. The molecule has 19 heavy (non-hydrogen) atoms. The van der Waals surface area contributed by atoms with E-state index >= 15 is 0 Å². The smallest absolute Gasteiger partial charge is 0.243 e. The fourth-order valence-electron chi connectivity index (χ4n) is 1.37. The van der Waals surface area contributed by atoms with E-state index in [1.165, 1.54) is 19.9 Å². The fourth-order valence-corrected chi connectivity index (χ4v) is 2.66. The van der Waals surface area contributed by atoms with Gasteiger partial charge in [-0.2, -0.15) is 0 Å². The third-order valence-electron chi connectivity index (χ3n) is 2.17. The van der Waals surface area contributed by atoms with E-state index in [1.807, 2.05) is 0 Å². The van der Waals surface area contributed by atoms with Crippen LogP contribution in [0.25, 0.3) is 0 Å². The van der Waals surface area contributed by atoms with Gasteiger partial charge in [-0.25, -0.2) is 17.5 Å². The molecule has 1 amide bonds. The molecule has 0 saturated heterocycles. The summed E-state index contributed by atoms with van der Waals surface area (Å²) < 4.78 is 39.4. The van der Waals surface area contributed by atoms with Crippen LogP contribution in [0.3, 0.4) is 0 Å². The molecule has 1 aromatic carbocycles. The van der Waals surface area contributed by atoms with Gasteiger partial charge >= 0.3 is 0 Å². The van der Waals surface area contributed by atoms with Crippen molar-refractivity contribution in [3.05, 3.63) is 24.0 Å². The highest BCUT2D eigenvalue weighted by atomic mass is 32.2. The normalized spacial score (nSPS) is 13.1. The number of amides is 1. The van der Waals surface area contributed by atoms with E-state index in [9.17, 15) is 17.6 Å². The lowest BCUT2D eigenvalue weighted by Crippen LogP contribution is -2.35. The maximum Gasteiger partial charge on any atom is 0.243 e. The first-order chi connectivity index (χ1) is 8.76. The zero-order valence-corrected chi connectivity index (χ0v) is 11.3. The first-order valence-corrected chi connectivity index (χ1v) is 6.95. The minimum atomic E-state index is -4.05. The molecule has 8 heteroatoms. The van der Waals surface area contributed by atoms with E-state index in [2.05, 4.69) is 10.0 Å². The van der Waals surface area contributed by atoms with E-state index in [-0.39, 0.29) is 11.6 Å². The molecule has 106 valence electrons. The van der Waals surface area contributed by atoms with Crippen LogP contribution in [-0.2, 0) is 14.8 Å². The molecule has 0 aromatic heterocycles. The monoisotopic (exact) mass is 290 g/mol. The predicted molar refractivity (Wildman–Crippen MR) is 67.6 cm³/mol. The minimum absolute atomic E-state index is 0.166. The number of sulfonamides is 1. The second-order valence-corrected chi connectivity index (χ2v) is 5.71. The minimum Gasteiger partial charge on any atom is -0.395 e. The second kappa shape index (κ2) is 6.09. The van der Waals surface area contributed by atoms with Crippen molar-refractivity contribution in [1.82, 2.24) is 4.72 Å². The third-order valence-corrected chi connectivity index (χ3v) is 3.79. The Morgan fingerprint density at radius 1 is 1.47 bits per heavy atom. The van der Waals surface area contributed by atoms with Gasteiger partial charge in [0.2, 0.25) is 15.9 Å². The summed E-state index contributed by atoms with van der Waals surface area (Å²) in [7, 11) is -4.05. The lowest BCUT2D eigenvalue weighted by atomic mass is 10.3. The zero-order valence-electron chi connectivity index (χ0n) is 10.5. The van der Waals surface area contributed by atoms with Crippen LogP contribution < -0.4 is 10.0 Å². The van der Waals surface area contributed by atoms with Gasteiger partial charge in [0, 0.05) is 18.7 Å². The number of carbonyl (C=O) groups excluding carboxylic acids is 1. The molecule has 0 aliphatic rings. The highest BCUT2D eigenvalue weighted by Crippen LogP contribution is 2.19. The van der Waals surface area contributed by atoms with Crippen LogP contribution >= 0.6 is 0 Å². The van der Waals surface area contributed by atoms with Crippen molar-refractivity contribution in [3.8, 4) is 0 Å². The topological polar surface area (TPSA) is 95.5 Å². The molecule has 0 spiro atoms. The Morgan fingerprint density at radius 2 is 2.11 bits per heavy atom. The van der Waals surface area contributed by atoms with Crippen molar-refractivity contribution in [2.24, 2.45) is 0 Å². The summed E-state index contributed by atoms with van der Waals surface area (Å²) in [5.41, 5.74) is 0.166. The van der Waals surface area contributed by atoms with E-state index < -0.39 is 33.4 Å². The maximum absolute atomic E-state index is 13.7. The largest absolute Gasteiger partial charge is 0.395 e. The number of nitrogens with one attached hydrogen (secondary N) is 2. The Balaban J connectivity index is 3.05. The molecule has 0 aliphatic heterocycles. The van der Waals surface area contributed by atoms with Gasteiger partial charge in [-0.3, -0.25) is 4.79 Å². The Bertz CT molecular complexity index is 574. The molecule has 0 radical (unpaired) electrons. The molecule has 0 bridgehead atoms. The lowest BCUT2D eigenvalue weighted by Gasteiger charge is -2.12. The van der Waals surface area contributed by atoms with Crippen molar-refractivity contribution < 1.29 is 22.7 Å². The third kappa shape index (κ3) is 4.27. The molecule has 0 unspecified atom stereocenters. The molecule has 3 N–H and O–H groups in total. The molecule has 0 heterocycles. The lowest BCUT2D eigenvalue weighted by molar-refractivity contribution is -0.114. The Morgan fingerprint density at radius 3 is 2.58 bits per heavy atom. The van der Waals surface area contributed by atoms with Gasteiger partial charge in [0.15, 0.2) is 0 Å². The summed E-state index contributed by atoms with van der Waals surface area (Å²) in [6.07, 6.45) is 0. The number of hydrogen-bond acceptors (Lipinski definition) is 4. The molecular formula is C11H15FN2O4S. The van der Waals surface area contributed by atoms with Gasteiger partial charge in [-0.05, 0) is 25.1 Å². The van der Waals surface area contributed by atoms with Crippen LogP contribution in [0.15, 0.2) is 23.1 Å². The number of anilines is 1. The van der Waals surface area contributed by atoms with Crippen LogP contribution in [0.4, 0.5) is 10.1 Å². The molecule has 6 nitrogen and oxygen atoms in total. The van der Waals surface area contributed by atoms with Crippen molar-refractivity contribution in [3.63, 3.8) is 0 Å². The van der Waals surface area contributed by atoms with Gasteiger partial charge in [0.1, 0.15) is 10.7 Å². The maximum atomic E-state index is 13.7. The zero-order chi connectivity index (χ0) is 14.6. The van der Waals surface area contributed by atoms with Crippen molar-refractivity contribution in [1.29, 1.82) is 0 Å². The predicted octanol–water partition coefficient (Wildman–Crippen LogP) is 0.443. The number of hydrogen-bond donors (Lipinski definition) is 3. The van der Waals surface area contributed by atoms with E-state index in [4.69, 9.17) is 5.11 Å². The first-order valence-electron chi connectivity index (χ1n) is 5.46. The summed E-state index contributed by atoms with van der Waals surface area (Å²) >= 11 is 0. The van der Waals surface area contributed by atoms with Crippen molar-refractivity contribution in [2.45, 2.75) is 24.8 Å². The van der Waals surface area contributed by atoms with E-state index in [0.29, 0.717) is 0 Å². The van der Waals surface area contributed by atoms with E-state index in [0.717, 1.165) is 12.1 Å². The van der Waals surface area contributed by atoms with Gasteiger partial charge in [0.05, 0.1) is 6.61 Å². The standard InChI is InChI=1S/C11H15FN2O4S/c1-7(6-15)14-19(17,18)11-4-3-9(5-10(11)12)13-8(2)16/h3-5,7,14-15H,6H2,1-2H3,(H,13,16)/t7-/m0/s1. The number of halogens is 1. The van der Waals surface area contributed by atoms with Gasteiger partial charge in [-0.1, -0.05) is 0 Å². The average Bonchev–Trinajstić information content (AvgIpc) is 2.26. The summed E-state index contributed by atoms with van der Waals surface area (Å²) in [6, 6.07) is 2.52. The SMILES string of the molecule is CC(=O)Nc1ccc(S(=O)(=O)N[C@@H](C)CO)c(F)c1. The number of rotatable bonds is 5. The second-order valence-electron chi connectivity index (χ2n) is 4.03. The molecule has 1 rings (SSSR count).